The lowest BCUT2D eigenvalue weighted by Gasteiger charge is -2.04. The lowest BCUT2D eigenvalue weighted by Crippen LogP contribution is -3.00. The number of hydrogen-bond acceptors (Lipinski definition) is 7. The molecule has 0 aromatic carbocycles. The number of amides is 1. The molecule has 0 fully saturated rings. The van der Waals surface area contributed by atoms with Gasteiger partial charge in [-0.05, 0) is 13.0 Å². The smallest absolute Gasteiger partial charge is 0.513 e. The van der Waals surface area contributed by atoms with E-state index < -0.39 is 17.1 Å². The maximum absolute atomic E-state index is 11.8. The molecule has 1 aromatic heterocycles. The summed E-state index contributed by atoms with van der Waals surface area (Å²) < 4.78 is 10.9. The van der Waals surface area contributed by atoms with E-state index in [-0.39, 0.29) is 50.5 Å². The Morgan fingerprint density at radius 1 is 1.39 bits per heavy atom. The molecule has 0 spiro atoms. The van der Waals surface area contributed by atoms with Crippen LogP contribution in [0.2, 0.25) is 0 Å². The van der Waals surface area contributed by atoms with E-state index in [9.17, 15) is 19.7 Å². The number of rotatable bonds is 8. The molecule has 0 saturated carbocycles. The summed E-state index contributed by atoms with van der Waals surface area (Å²) in [4.78, 5) is 36.9. The molecule has 0 atom stereocenters. The molecule has 1 N–H and O–H groups in total. The molecule has 1 aromatic rings. The standard InChI is InChI=1S/C12H15N3O7.HI/c1-2-20-12(17)21-9-14-6-3-4-10(8-14)11(16)13-5-7-22-15(18)19;/h3-4,6,8H,2,5,7,9H2,1H3;1H. The van der Waals surface area contributed by atoms with Crippen molar-refractivity contribution in [3.8, 4) is 0 Å². The molecule has 0 aliphatic carbocycles. The predicted octanol–water partition coefficient (Wildman–Crippen LogP) is -2.95. The van der Waals surface area contributed by atoms with Gasteiger partial charge in [-0.3, -0.25) is 4.79 Å². The van der Waals surface area contributed by atoms with Crippen molar-refractivity contribution in [1.29, 1.82) is 0 Å². The van der Waals surface area contributed by atoms with E-state index in [0.717, 1.165) is 0 Å². The molecule has 1 rings (SSSR count). The third-order valence-corrected chi connectivity index (χ3v) is 2.30. The van der Waals surface area contributed by atoms with Crippen molar-refractivity contribution < 1.29 is 57.5 Å². The Balaban J connectivity index is 0.00000484. The summed E-state index contributed by atoms with van der Waals surface area (Å²) in [6.07, 6.45) is 2.26. The maximum Gasteiger partial charge on any atom is 0.513 e. The van der Waals surface area contributed by atoms with Gasteiger partial charge in [0.15, 0.2) is 12.4 Å². The van der Waals surface area contributed by atoms with Gasteiger partial charge >= 0.3 is 6.16 Å². The number of nitrogens with zero attached hydrogens (tertiary/aromatic N) is 2. The Hall–Kier alpha value is -2.18. The number of carbonyl (C=O) groups is 2. The van der Waals surface area contributed by atoms with Gasteiger partial charge in [0.25, 0.3) is 17.7 Å². The molecular weight excluding hydrogens is 425 g/mol. The van der Waals surface area contributed by atoms with E-state index in [1.54, 1.807) is 25.3 Å². The van der Waals surface area contributed by atoms with Crippen LogP contribution in [0.15, 0.2) is 24.5 Å². The Bertz CT molecular complexity index is 541. The fourth-order valence-corrected chi connectivity index (χ4v) is 1.41. The van der Waals surface area contributed by atoms with Crippen LogP contribution in [0.25, 0.3) is 0 Å². The Morgan fingerprint density at radius 3 is 2.78 bits per heavy atom. The van der Waals surface area contributed by atoms with E-state index in [4.69, 9.17) is 4.74 Å². The minimum atomic E-state index is -0.935. The zero-order chi connectivity index (χ0) is 16.4. The van der Waals surface area contributed by atoms with Gasteiger partial charge in [0, 0.05) is 12.6 Å². The van der Waals surface area contributed by atoms with Crippen LogP contribution >= 0.6 is 0 Å². The molecule has 10 nitrogen and oxygen atoms in total. The highest BCUT2D eigenvalue weighted by atomic mass is 127. The molecule has 1 heterocycles. The number of ether oxygens (including phenoxy) is 2. The number of hydrogen-bond donors (Lipinski definition) is 1. The normalized spacial score (nSPS) is 9.26. The summed E-state index contributed by atoms with van der Waals surface area (Å²) in [5.74, 6) is -0.433. The maximum atomic E-state index is 11.8. The second-order valence-corrected chi connectivity index (χ2v) is 3.88. The SMILES string of the molecule is CCOC(=O)OC[n+]1cccc(C(=O)NCCO[N+](=O)[O-])c1.[I-]. The highest BCUT2D eigenvalue weighted by Crippen LogP contribution is 1.95. The van der Waals surface area contributed by atoms with Crippen LogP contribution in [-0.2, 0) is 21.0 Å². The Morgan fingerprint density at radius 2 is 2.13 bits per heavy atom. The third kappa shape index (κ3) is 8.75. The lowest BCUT2D eigenvalue weighted by molar-refractivity contribution is -0.757. The number of carbonyl (C=O) groups excluding carboxylic acids is 2. The average Bonchev–Trinajstić information content (AvgIpc) is 2.50. The number of aromatic nitrogens is 1. The summed E-state index contributed by atoms with van der Waals surface area (Å²) in [5.41, 5.74) is 0.302. The first-order valence-electron chi connectivity index (χ1n) is 6.37. The van der Waals surface area contributed by atoms with Crippen molar-refractivity contribution in [2.24, 2.45) is 0 Å². The third-order valence-electron chi connectivity index (χ3n) is 2.30. The minimum Gasteiger partial charge on any atom is -1.00 e. The van der Waals surface area contributed by atoms with E-state index in [2.05, 4.69) is 14.9 Å². The molecule has 1 amide bonds. The summed E-state index contributed by atoms with van der Waals surface area (Å²) >= 11 is 0. The number of halogens is 1. The molecular formula is C12H16IN3O7. The number of pyridine rings is 1. The van der Waals surface area contributed by atoms with Crippen LogP contribution in [0.5, 0.6) is 0 Å². The zero-order valence-electron chi connectivity index (χ0n) is 12.3. The van der Waals surface area contributed by atoms with E-state index in [0.29, 0.717) is 5.56 Å². The van der Waals surface area contributed by atoms with E-state index >= 15 is 0 Å². The first kappa shape index (κ1) is 20.8. The van der Waals surface area contributed by atoms with Crippen LogP contribution in [0.1, 0.15) is 17.3 Å². The molecule has 0 bridgehead atoms. The average molecular weight is 441 g/mol. The van der Waals surface area contributed by atoms with Gasteiger partial charge in [0.2, 0.25) is 0 Å². The summed E-state index contributed by atoms with van der Waals surface area (Å²) in [7, 11) is 0. The first-order chi connectivity index (χ1) is 10.5. The Labute approximate surface area is 148 Å². The van der Waals surface area contributed by atoms with Crippen LogP contribution in [0.3, 0.4) is 0 Å². The lowest BCUT2D eigenvalue weighted by atomic mass is 10.2. The second-order valence-electron chi connectivity index (χ2n) is 3.88. The zero-order valence-corrected chi connectivity index (χ0v) is 14.4. The predicted molar refractivity (Wildman–Crippen MR) is 70.0 cm³/mol. The minimum absolute atomic E-state index is 0. The molecule has 128 valence electrons. The monoisotopic (exact) mass is 441 g/mol. The van der Waals surface area contributed by atoms with Crippen molar-refractivity contribution in [2.75, 3.05) is 19.8 Å². The van der Waals surface area contributed by atoms with Gasteiger partial charge in [-0.25, -0.2) is 4.79 Å². The van der Waals surface area contributed by atoms with Crippen molar-refractivity contribution in [3.05, 3.63) is 40.2 Å². The summed E-state index contributed by atoms with van der Waals surface area (Å²) in [6, 6.07) is 3.14. The Kier molecular flexibility index (Phi) is 10.3. The topological polar surface area (TPSA) is 121 Å². The van der Waals surface area contributed by atoms with Crippen LogP contribution in [0.4, 0.5) is 4.79 Å². The molecule has 0 unspecified atom stereocenters. The fraction of sp³-hybridized carbons (Fsp3) is 0.417. The molecule has 11 heteroatoms. The van der Waals surface area contributed by atoms with Gasteiger partial charge < -0.3 is 43.6 Å². The highest BCUT2D eigenvalue weighted by molar-refractivity contribution is 5.93. The molecule has 0 radical (unpaired) electrons. The van der Waals surface area contributed by atoms with E-state index in [1.807, 2.05) is 0 Å². The first-order valence-corrected chi connectivity index (χ1v) is 6.37. The van der Waals surface area contributed by atoms with Crippen LogP contribution < -0.4 is 33.9 Å². The molecule has 23 heavy (non-hydrogen) atoms. The largest absolute Gasteiger partial charge is 1.00 e. The second kappa shape index (κ2) is 11.4. The van der Waals surface area contributed by atoms with Gasteiger partial charge in [-0.2, -0.15) is 4.57 Å². The van der Waals surface area contributed by atoms with Crippen molar-refractivity contribution in [1.82, 2.24) is 5.32 Å². The van der Waals surface area contributed by atoms with Gasteiger partial charge in [-0.1, -0.05) is 0 Å². The fourth-order valence-electron chi connectivity index (χ4n) is 1.41. The van der Waals surface area contributed by atoms with Gasteiger partial charge in [0.1, 0.15) is 12.2 Å². The van der Waals surface area contributed by atoms with Crippen molar-refractivity contribution in [2.45, 2.75) is 13.7 Å². The van der Waals surface area contributed by atoms with Crippen molar-refractivity contribution in [3.63, 3.8) is 0 Å². The van der Waals surface area contributed by atoms with Gasteiger partial charge in [-0.15, -0.1) is 10.1 Å². The quantitative estimate of drug-likeness (QED) is 0.114. The van der Waals surface area contributed by atoms with Gasteiger partial charge in [0.05, 0.1) is 6.61 Å². The highest BCUT2D eigenvalue weighted by Gasteiger charge is 2.12. The number of nitrogens with one attached hydrogen (secondary N) is 1. The van der Waals surface area contributed by atoms with Crippen LogP contribution in [-0.4, -0.2) is 36.9 Å². The van der Waals surface area contributed by atoms with Crippen LogP contribution in [0, 0.1) is 10.1 Å². The summed E-state index contributed by atoms with van der Waals surface area (Å²) in [5, 5.41) is 11.5. The summed E-state index contributed by atoms with van der Waals surface area (Å²) in [6.45, 7) is 1.51. The molecule has 0 aliphatic rings. The molecule has 0 aliphatic heterocycles. The van der Waals surface area contributed by atoms with E-state index in [1.165, 1.54) is 10.8 Å². The van der Waals surface area contributed by atoms with Crippen molar-refractivity contribution >= 4 is 12.1 Å². The molecule has 0 saturated heterocycles.